The van der Waals surface area contributed by atoms with Gasteiger partial charge in [0.25, 0.3) is 5.56 Å². The lowest BCUT2D eigenvalue weighted by atomic mass is 9.93. The van der Waals surface area contributed by atoms with E-state index in [1.807, 2.05) is 0 Å². The van der Waals surface area contributed by atoms with Crippen LogP contribution in [0.2, 0.25) is 0 Å². The van der Waals surface area contributed by atoms with E-state index in [-0.39, 0.29) is 6.61 Å². The summed E-state index contributed by atoms with van der Waals surface area (Å²) in [6.45, 7) is 5.58. The Morgan fingerprint density at radius 3 is 2.64 bits per heavy atom. The van der Waals surface area contributed by atoms with E-state index in [0.29, 0.717) is 5.56 Å². The molecule has 2 heterocycles. The molecule has 0 bridgehead atoms. The van der Waals surface area contributed by atoms with E-state index in [1.165, 1.54) is 13.8 Å². The molecular weight excluding hydrogens is 535 g/mol. The van der Waals surface area contributed by atoms with Crippen molar-refractivity contribution in [3.8, 4) is 0 Å². The number of aromatic nitrogens is 2. The summed E-state index contributed by atoms with van der Waals surface area (Å²) in [7, 11) is -4.28. The lowest BCUT2D eigenvalue weighted by Gasteiger charge is -2.28. The number of carbonyl (C=O) groups is 1. The zero-order chi connectivity index (χ0) is 28.8. The second-order valence-electron chi connectivity index (χ2n) is 8.96. The summed E-state index contributed by atoms with van der Waals surface area (Å²) in [5.41, 5.74) is 6.56. The highest BCUT2D eigenvalue weighted by molar-refractivity contribution is 7.51. The van der Waals surface area contributed by atoms with Crippen molar-refractivity contribution < 1.29 is 33.0 Å². The number of aliphatic hydroxyl groups is 1. The van der Waals surface area contributed by atoms with Crippen LogP contribution in [0, 0.1) is 0 Å². The minimum absolute atomic E-state index is 0.100. The molecule has 0 amide bonds. The predicted octanol–water partition coefficient (Wildman–Crippen LogP) is 2.31. The van der Waals surface area contributed by atoms with Crippen LogP contribution < -0.4 is 16.3 Å². The number of esters is 1. The first kappa shape index (κ1) is 30.3. The molecule has 3 rings (SSSR count). The summed E-state index contributed by atoms with van der Waals surface area (Å²) >= 11 is 0. The third kappa shape index (κ3) is 7.02. The highest BCUT2D eigenvalue weighted by Gasteiger charge is 2.54. The van der Waals surface area contributed by atoms with Crippen LogP contribution in [0.4, 0.5) is 0 Å². The normalized spacial score (nSPS) is 25.7. The van der Waals surface area contributed by atoms with Crippen LogP contribution >= 0.6 is 7.75 Å². The van der Waals surface area contributed by atoms with E-state index >= 15 is 0 Å². The van der Waals surface area contributed by atoms with Gasteiger partial charge in [0.2, 0.25) is 0 Å². The van der Waals surface area contributed by atoms with Crippen molar-refractivity contribution in [1.29, 1.82) is 0 Å². The number of nitrogens with zero attached hydrogens (tertiary/aromatic N) is 4. The maximum absolute atomic E-state index is 13.8. The largest absolute Gasteiger partial charge is 0.465 e. The third-order valence-electron chi connectivity index (χ3n) is 6.09. The van der Waals surface area contributed by atoms with E-state index in [2.05, 4.69) is 20.1 Å². The first-order valence-corrected chi connectivity index (χ1v) is 13.6. The lowest BCUT2D eigenvalue weighted by molar-refractivity contribution is -0.144. The van der Waals surface area contributed by atoms with Crippen LogP contribution in [-0.2, 0) is 27.9 Å². The topological polar surface area (TPSA) is 207 Å². The second kappa shape index (κ2) is 12.7. The van der Waals surface area contributed by atoms with E-state index in [1.54, 1.807) is 44.2 Å². The number of rotatable bonds is 12. The van der Waals surface area contributed by atoms with Crippen molar-refractivity contribution in [3.05, 3.63) is 79.4 Å². The van der Waals surface area contributed by atoms with Crippen molar-refractivity contribution in [2.45, 2.75) is 63.8 Å². The summed E-state index contributed by atoms with van der Waals surface area (Å²) in [6.07, 6.45) is -3.77. The Hall–Kier alpha value is -3.29. The third-order valence-corrected chi connectivity index (χ3v) is 7.87. The summed E-state index contributed by atoms with van der Waals surface area (Å²) in [6, 6.07) is 8.83. The van der Waals surface area contributed by atoms with Crippen LogP contribution in [0.3, 0.4) is 0 Å². The summed E-state index contributed by atoms with van der Waals surface area (Å²) in [5, 5.41) is 17.2. The van der Waals surface area contributed by atoms with Crippen LogP contribution in [0.25, 0.3) is 10.4 Å². The maximum Gasteiger partial charge on any atom is 0.406 e. The molecule has 0 radical (unpaired) electrons. The zero-order valence-electron chi connectivity index (χ0n) is 21.8. The van der Waals surface area contributed by atoms with Crippen molar-refractivity contribution in [1.82, 2.24) is 14.6 Å². The van der Waals surface area contributed by atoms with Gasteiger partial charge in [-0.25, -0.2) is 14.4 Å². The van der Waals surface area contributed by atoms with Gasteiger partial charge in [0.05, 0.1) is 25.4 Å². The highest BCUT2D eigenvalue weighted by Crippen LogP contribution is 2.50. The number of ether oxygens (including phenoxy) is 2. The van der Waals surface area contributed by atoms with E-state index < -0.39 is 67.7 Å². The molecule has 1 aliphatic heterocycles. The first-order chi connectivity index (χ1) is 18.4. The predicted molar refractivity (Wildman–Crippen MR) is 138 cm³/mol. The number of aliphatic hydroxyl groups excluding tert-OH is 1. The SMILES string of the molecule is CCOC(=O)[C@H](C)NP(=O)(OC[C@H]1O[C@@H](n2ccc(=O)[nH]c2=O)[C@](C)(N=[N+]=[N-])[C@@H]1O)O[C@@H](C)c1ccccc1. The fraction of sp³-hybridized carbons (Fsp3) is 0.522. The molecule has 212 valence electrons. The quantitative estimate of drug-likeness (QED) is 0.112. The Balaban J connectivity index is 1.87. The molecule has 1 unspecified atom stereocenters. The fourth-order valence-electron chi connectivity index (χ4n) is 4.01. The second-order valence-corrected chi connectivity index (χ2v) is 10.7. The number of hydrogen-bond donors (Lipinski definition) is 3. The van der Waals surface area contributed by atoms with Gasteiger partial charge in [-0.15, -0.1) is 0 Å². The number of benzene rings is 1. The average Bonchev–Trinajstić information content (AvgIpc) is 3.13. The van der Waals surface area contributed by atoms with Gasteiger partial charge in [-0.2, -0.15) is 0 Å². The van der Waals surface area contributed by atoms with Crippen molar-refractivity contribution in [2.24, 2.45) is 5.11 Å². The minimum Gasteiger partial charge on any atom is -0.465 e. The van der Waals surface area contributed by atoms with E-state index in [0.717, 1.165) is 16.8 Å². The van der Waals surface area contributed by atoms with Crippen LogP contribution in [0.15, 0.2) is 57.3 Å². The van der Waals surface area contributed by atoms with Gasteiger partial charge in [-0.3, -0.25) is 28.2 Å². The number of hydrogen-bond acceptors (Lipinski definition) is 10. The molecule has 39 heavy (non-hydrogen) atoms. The smallest absolute Gasteiger partial charge is 0.406 e. The van der Waals surface area contributed by atoms with Gasteiger partial charge in [0, 0.05) is 17.2 Å². The first-order valence-electron chi connectivity index (χ1n) is 12.1. The van der Waals surface area contributed by atoms with Gasteiger partial charge in [-0.05, 0) is 38.8 Å². The molecule has 3 N–H and O–H groups in total. The summed E-state index contributed by atoms with van der Waals surface area (Å²) < 4.78 is 37.0. The van der Waals surface area contributed by atoms with E-state index in [4.69, 9.17) is 24.1 Å². The number of H-pyrrole nitrogens is 1. The number of nitrogens with one attached hydrogen (secondary N) is 2. The number of carbonyl (C=O) groups excluding carboxylic acids is 1. The van der Waals surface area contributed by atoms with Crippen molar-refractivity contribution in [2.75, 3.05) is 13.2 Å². The molecule has 1 aromatic carbocycles. The molecular formula is C23H31N6O9P. The van der Waals surface area contributed by atoms with Gasteiger partial charge in [0.1, 0.15) is 17.7 Å². The molecule has 2 aromatic rings. The minimum atomic E-state index is -4.28. The molecule has 7 atom stereocenters. The molecule has 1 fully saturated rings. The van der Waals surface area contributed by atoms with Crippen molar-refractivity contribution >= 4 is 13.7 Å². The molecule has 1 aliphatic rings. The van der Waals surface area contributed by atoms with Crippen LogP contribution in [0.1, 0.15) is 45.6 Å². The molecule has 0 aliphatic carbocycles. The lowest BCUT2D eigenvalue weighted by Crippen LogP contribution is -2.45. The Labute approximate surface area is 223 Å². The Morgan fingerprint density at radius 1 is 1.33 bits per heavy atom. The zero-order valence-corrected chi connectivity index (χ0v) is 22.7. The fourth-order valence-corrected chi connectivity index (χ4v) is 5.67. The molecule has 16 heteroatoms. The van der Waals surface area contributed by atoms with Gasteiger partial charge < -0.3 is 14.6 Å². The Kier molecular flexibility index (Phi) is 9.86. The average molecular weight is 567 g/mol. The Bertz CT molecular complexity index is 1360. The highest BCUT2D eigenvalue weighted by atomic mass is 31.2. The summed E-state index contributed by atoms with van der Waals surface area (Å²) in [5.74, 6) is -0.692. The van der Waals surface area contributed by atoms with Gasteiger partial charge in [0.15, 0.2) is 6.23 Å². The monoisotopic (exact) mass is 566 g/mol. The molecule has 1 aromatic heterocycles. The summed E-state index contributed by atoms with van der Waals surface area (Å²) in [4.78, 5) is 41.0. The van der Waals surface area contributed by atoms with Gasteiger partial charge >= 0.3 is 19.4 Å². The van der Waals surface area contributed by atoms with Gasteiger partial charge in [-0.1, -0.05) is 35.4 Å². The van der Waals surface area contributed by atoms with Crippen molar-refractivity contribution in [3.63, 3.8) is 0 Å². The van der Waals surface area contributed by atoms with E-state index in [9.17, 15) is 24.1 Å². The van der Waals surface area contributed by atoms with Crippen LogP contribution in [-0.4, -0.2) is 57.6 Å². The molecule has 15 nitrogen and oxygen atoms in total. The molecule has 0 saturated carbocycles. The molecule has 1 saturated heterocycles. The number of aromatic amines is 1. The molecule has 0 spiro atoms. The Morgan fingerprint density at radius 2 is 2.03 bits per heavy atom. The number of azide groups is 1. The van der Waals surface area contributed by atoms with Crippen LogP contribution in [0.5, 0.6) is 0 Å². The maximum atomic E-state index is 13.8. The standard InChI is InChI=1S/C23H31N6O9P/c1-5-35-20(32)14(2)26-39(34,38-15(3)16-9-7-6-8-10-16)36-13-17-19(31)23(4,27-28-24)21(37-17)29-12-11-18(30)25-22(29)33/h6-12,14-15,17,19,21,31H,5,13H2,1-4H3,(H,26,34)(H,25,30,33)/t14-,15-,17+,19+,21+,23+,39?/m0/s1.